The molecule has 0 N–H and O–H groups in total. The zero-order valence-electron chi connectivity index (χ0n) is 9.26. The molecular weight excluding hydrogens is 223 g/mol. The summed E-state index contributed by atoms with van der Waals surface area (Å²) in [5.41, 5.74) is 0.225. The van der Waals surface area contributed by atoms with Crippen LogP contribution in [0.4, 0.5) is 4.39 Å². The third kappa shape index (κ3) is 2.50. The molecular formula is C12H11FN2O2. The van der Waals surface area contributed by atoms with Crippen molar-refractivity contribution in [2.24, 2.45) is 0 Å². The Morgan fingerprint density at radius 3 is 3.00 bits per heavy atom. The van der Waals surface area contributed by atoms with Crippen molar-refractivity contribution < 1.29 is 13.9 Å². The van der Waals surface area contributed by atoms with Gasteiger partial charge >= 0.3 is 0 Å². The summed E-state index contributed by atoms with van der Waals surface area (Å²) in [5, 5.41) is 3.92. The molecule has 0 amide bonds. The maximum atomic E-state index is 13.1. The van der Waals surface area contributed by atoms with Crippen molar-refractivity contribution in [2.75, 3.05) is 7.11 Å². The molecule has 4 nitrogen and oxygen atoms in total. The first-order chi connectivity index (χ1) is 8.20. The number of carbonyl (C=O) groups excluding carboxylic acids is 1. The van der Waals surface area contributed by atoms with Crippen LogP contribution in [0.5, 0.6) is 5.75 Å². The van der Waals surface area contributed by atoms with Crippen molar-refractivity contribution in [3.05, 3.63) is 48.0 Å². The monoisotopic (exact) mass is 234 g/mol. The zero-order valence-corrected chi connectivity index (χ0v) is 9.26. The number of hydrogen-bond acceptors (Lipinski definition) is 3. The van der Waals surface area contributed by atoms with E-state index in [2.05, 4.69) is 5.10 Å². The van der Waals surface area contributed by atoms with Crippen LogP contribution in [0.15, 0.2) is 36.7 Å². The Bertz CT molecular complexity index is 523. The lowest BCUT2D eigenvalue weighted by molar-refractivity contribution is 0.0964. The molecule has 17 heavy (non-hydrogen) atoms. The van der Waals surface area contributed by atoms with E-state index in [0.29, 0.717) is 5.75 Å². The van der Waals surface area contributed by atoms with Gasteiger partial charge in [-0.1, -0.05) is 0 Å². The lowest BCUT2D eigenvalue weighted by atomic mass is 10.1. The van der Waals surface area contributed by atoms with E-state index < -0.39 is 5.82 Å². The molecule has 5 heteroatoms. The van der Waals surface area contributed by atoms with Crippen LogP contribution in [0.2, 0.25) is 0 Å². The summed E-state index contributed by atoms with van der Waals surface area (Å²) < 4.78 is 19.6. The van der Waals surface area contributed by atoms with Gasteiger partial charge in [0.15, 0.2) is 5.78 Å². The smallest absolute Gasteiger partial charge is 0.188 e. The van der Waals surface area contributed by atoms with E-state index in [1.165, 1.54) is 30.0 Å². The van der Waals surface area contributed by atoms with E-state index in [1.807, 2.05) is 0 Å². The standard InChI is InChI=1S/C12H11FN2O2/c1-17-12-4-3-9(13)7-10(12)11(16)8-15-6-2-5-14-15/h2-7H,8H2,1H3. The fraction of sp³-hybridized carbons (Fsp3) is 0.167. The molecule has 1 aromatic heterocycles. The predicted molar refractivity (Wildman–Crippen MR) is 59.5 cm³/mol. The summed E-state index contributed by atoms with van der Waals surface area (Å²) in [5.74, 6) is -0.344. The number of ether oxygens (including phenoxy) is 1. The highest BCUT2D eigenvalue weighted by Crippen LogP contribution is 2.20. The van der Waals surface area contributed by atoms with Crippen LogP contribution in [0.25, 0.3) is 0 Å². The lowest BCUT2D eigenvalue weighted by Gasteiger charge is -2.07. The van der Waals surface area contributed by atoms with Gasteiger partial charge in [0.05, 0.1) is 12.7 Å². The van der Waals surface area contributed by atoms with Gasteiger partial charge in [-0.15, -0.1) is 0 Å². The summed E-state index contributed by atoms with van der Waals surface area (Å²) in [4.78, 5) is 11.9. The highest BCUT2D eigenvalue weighted by Gasteiger charge is 2.13. The van der Waals surface area contributed by atoms with Gasteiger partial charge in [0.2, 0.25) is 0 Å². The Morgan fingerprint density at radius 2 is 2.35 bits per heavy atom. The number of methoxy groups -OCH3 is 1. The number of Topliss-reactive ketones (excluding diaryl/α,β-unsaturated/α-hetero) is 1. The second-order valence-electron chi connectivity index (χ2n) is 3.47. The molecule has 2 rings (SSSR count). The molecule has 0 saturated carbocycles. The van der Waals surface area contributed by atoms with Crippen LogP contribution in [0.1, 0.15) is 10.4 Å². The predicted octanol–water partition coefficient (Wildman–Crippen LogP) is 1.91. The fourth-order valence-electron chi connectivity index (χ4n) is 1.52. The van der Waals surface area contributed by atoms with Crippen LogP contribution >= 0.6 is 0 Å². The van der Waals surface area contributed by atoms with Crippen molar-refractivity contribution >= 4 is 5.78 Å². The number of carbonyl (C=O) groups is 1. The average Bonchev–Trinajstić information content (AvgIpc) is 2.81. The molecule has 0 aliphatic carbocycles. The maximum absolute atomic E-state index is 13.1. The molecule has 1 aromatic carbocycles. The molecule has 0 radical (unpaired) electrons. The molecule has 88 valence electrons. The minimum absolute atomic E-state index is 0.0623. The summed E-state index contributed by atoms with van der Waals surface area (Å²) in [7, 11) is 1.44. The topological polar surface area (TPSA) is 44.1 Å². The summed E-state index contributed by atoms with van der Waals surface area (Å²) in [6.07, 6.45) is 3.25. The van der Waals surface area contributed by atoms with Crippen molar-refractivity contribution in [3.63, 3.8) is 0 Å². The van der Waals surface area contributed by atoms with Gasteiger partial charge in [0.25, 0.3) is 0 Å². The van der Waals surface area contributed by atoms with E-state index >= 15 is 0 Å². The number of nitrogens with zero attached hydrogens (tertiary/aromatic N) is 2. The first kappa shape index (κ1) is 11.3. The van der Waals surface area contributed by atoms with Crippen molar-refractivity contribution in [1.29, 1.82) is 0 Å². The third-order valence-electron chi connectivity index (χ3n) is 2.33. The Morgan fingerprint density at radius 1 is 1.53 bits per heavy atom. The fourth-order valence-corrected chi connectivity index (χ4v) is 1.52. The molecule has 0 fully saturated rings. The summed E-state index contributed by atoms with van der Waals surface area (Å²) >= 11 is 0. The minimum Gasteiger partial charge on any atom is -0.496 e. The van der Waals surface area contributed by atoms with Crippen molar-refractivity contribution in [2.45, 2.75) is 6.54 Å². The molecule has 0 spiro atoms. The van der Waals surface area contributed by atoms with E-state index in [0.717, 1.165) is 0 Å². The van der Waals surface area contributed by atoms with Gasteiger partial charge in [-0.25, -0.2) is 4.39 Å². The van der Waals surface area contributed by atoms with E-state index in [1.54, 1.807) is 18.5 Å². The first-order valence-corrected chi connectivity index (χ1v) is 5.05. The molecule has 0 bridgehead atoms. The van der Waals surface area contributed by atoms with Crippen LogP contribution < -0.4 is 4.74 Å². The second kappa shape index (κ2) is 4.78. The van der Waals surface area contributed by atoms with Crippen LogP contribution in [-0.2, 0) is 6.54 Å². The first-order valence-electron chi connectivity index (χ1n) is 5.05. The second-order valence-corrected chi connectivity index (χ2v) is 3.47. The SMILES string of the molecule is COc1ccc(F)cc1C(=O)Cn1cccn1. The highest BCUT2D eigenvalue weighted by atomic mass is 19.1. The Hall–Kier alpha value is -2.17. The van der Waals surface area contributed by atoms with Gasteiger partial charge in [0.1, 0.15) is 18.1 Å². The maximum Gasteiger partial charge on any atom is 0.188 e. The van der Waals surface area contributed by atoms with Gasteiger partial charge < -0.3 is 4.74 Å². The van der Waals surface area contributed by atoms with Crippen LogP contribution in [-0.4, -0.2) is 22.7 Å². The summed E-state index contributed by atoms with van der Waals surface area (Å²) in [6, 6.07) is 5.58. The quantitative estimate of drug-likeness (QED) is 0.759. The normalized spacial score (nSPS) is 10.2. The number of rotatable bonds is 4. The van der Waals surface area contributed by atoms with Gasteiger partial charge in [-0.2, -0.15) is 5.10 Å². The molecule has 0 aliphatic rings. The van der Waals surface area contributed by atoms with Crippen LogP contribution in [0.3, 0.4) is 0 Å². The largest absolute Gasteiger partial charge is 0.496 e. The van der Waals surface area contributed by atoms with Crippen LogP contribution in [0, 0.1) is 5.82 Å². The summed E-state index contributed by atoms with van der Waals surface area (Å²) in [6.45, 7) is 0.0623. The molecule has 0 saturated heterocycles. The Labute approximate surface area is 97.6 Å². The highest BCUT2D eigenvalue weighted by molar-refractivity contribution is 5.98. The van der Waals surface area contributed by atoms with Gasteiger partial charge in [-0.05, 0) is 24.3 Å². The average molecular weight is 234 g/mol. The van der Waals surface area contributed by atoms with Gasteiger partial charge in [0, 0.05) is 12.4 Å². The van der Waals surface area contributed by atoms with Gasteiger partial charge in [-0.3, -0.25) is 9.48 Å². The zero-order chi connectivity index (χ0) is 12.3. The molecule has 2 aromatic rings. The third-order valence-corrected chi connectivity index (χ3v) is 2.33. The number of halogens is 1. The Kier molecular flexibility index (Phi) is 3.18. The number of aromatic nitrogens is 2. The Balaban J connectivity index is 2.26. The van der Waals surface area contributed by atoms with E-state index in [9.17, 15) is 9.18 Å². The lowest BCUT2D eigenvalue weighted by Crippen LogP contribution is -2.12. The number of ketones is 1. The van der Waals surface area contributed by atoms with Crippen molar-refractivity contribution in [3.8, 4) is 5.75 Å². The minimum atomic E-state index is -0.463. The molecule has 0 unspecified atom stereocenters. The number of hydrogen-bond donors (Lipinski definition) is 0. The molecule has 1 heterocycles. The van der Waals surface area contributed by atoms with E-state index in [-0.39, 0.29) is 17.9 Å². The van der Waals surface area contributed by atoms with E-state index in [4.69, 9.17) is 4.74 Å². The molecule has 0 aliphatic heterocycles. The van der Waals surface area contributed by atoms with Crippen molar-refractivity contribution in [1.82, 2.24) is 9.78 Å². The number of benzene rings is 1. The molecule has 0 atom stereocenters.